The number of hydrogen-bond acceptors (Lipinski definition) is 7. The molecule has 0 atom stereocenters. The molecule has 0 saturated heterocycles. The second-order valence-electron chi connectivity index (χ2n) is 7.82. The Labute approximate surface area is 174 Å². The van der Waals surface area contributed by atoms with Gasteiger partial charge in [-0.15, -0.1) is 5.10 Å². The van der Waals surface area contributed by atoms with Crippen molar-refractivity contribution in [1.82, 2.24) is 34.7 Å². The van der Waals surface area contributed by atoms with Gasteiger partial charge in [0.2, 0.25) is 5.95 Å². The van der Waals surface area contributed by atoms with Crippen molar-refractivity contribution in [3.05, 3.63) is 42.7 Å². The summed E-state index contributed by atoms with van der Waals surface area (Å²) in [4.78, 5) is 8.95. The van der Waals surface area contributed by atoms with Gasteiger partial charge in [-0.2, -0.15) is 5.10 Å². The lowest BCUT2D eigenvalue weighted by Gasteiger charge is -2.15. The van der Waals surface area contributed by atoms with E-state index in [1.54, 1.807) is 17.1 Å². The molecule has 0 unspecified atom stereocenters. The van der Waals surface area contributed by atoms with E-state index in [9.17, 15) is 0 Å². The molecule has 1 aliphatic carbocycles. The summed E-state index contributed by atoms with van der Waals surface area (Å²) in [5.74, 6) is 1.35. The van der Waals surface area contributed by atoms with Gasteiger partial charge in [-0.1, -0.05) is 11.3 Å². The van der Waals surface area contributed by atoms with E-state index >= 15 is 0 Å². The molecule has 1 saturated carbocycles. The summed E-state index contributed by atoms with van der Waals surface area (Å²) in [6.45, 7) is 4.41. The van der Waals surface area contributed by atoms with E-state index in [1.165, 1.54) is 12.8 Å². The molecule has 154 valence electrons. The number of nitrogens with zero attached hydrogens (tertiary/aromatic N) is 7. The number of benzene rings is 1. The number of aryl methyl sites for hydroxylation is 1. The molecular weight excluding hydrogens is 380 g/mol. The van der Waals surface area contributed by atoms with Gasteiger partial charge in [0.1, 0.15) is 11.3 Å². The Bertz CT molecular complexity index is 1180. The Balaban J connectivity index is 1.38. The predicted octanol–water partition coefficient (Wildman–Crippen LogP) is 3.18. The molecule has 30 heavy (non-hydrogen) atoms. The minimum absolute atomic E-state index is 0.217. The SMILES string of the molecule is CCOCC1(Cn2nnc3cc(-c4ccnc(Nc5ccnn5C)n4)ccc32)CC1. The van der Waals surface area contributed by atoms with Gasteiger partial charge in [-0.25, -0.2) is 14.6 Å². The van der Waals surface area contributed by atoms with Crippen LogP contribution in [0.4, 0.5) is 11.8 Å². The lowest BCUT2D eigenvalue weighted by molar-refractivity contribution is 0.0916. The number of nitrogens with one attached hydrogen (secondary N) is 1. The van der Waals surface area contributed by atoms with E-state index in [-0.39, 0.29) is 5.41 Å². The molecule has 3 aromatic heterocycles. The maximum absolute atomic E-state index is 5.67. The maximum atomic E-state index is 5.67. The van der Waals surface area contributed by atoms with E-state index < -0.39 is 0 Å². The Hall–Kier alpha value is -3.33. The minimum atomic E-state index is 0.217. The summed E-state index contributed by atoms with van der Waals surface area (Å²) in [6.07, 6.45) is 5.83. The Kier molecular flexibility index (Phi) is 4.66. The van der Waals surface area contributed by atoms with Crippen LogP contribution in [0.5, 0.6) is 0 Å². The van der Waals surface area contributed by atoms with Crippen LogP contribution in [-0.4, -0.2) is 48.0 Å². The van der Waals surface area contributed by atoms with Gasteiger partial charge in [-0.05, 0) is 38.0 Å². The average Bonchev–Trinajstić information content (AvgIpc) is 3.24. The van der Waals surface area contributed by atoms with E-state index in [1.807, 2.05) is 36.9 Å². The Morgan fingerprint density at radius 2 is 2.07 bits per heavy atom. The highest BCUT2D eigenvalue weighted by molar-refractivity contribution is 5.80. The lowest BCUT2D eigenvalue weighted by Crippen LogP contribution is -2.18. The molecule has 9 nitrogen and oxygen atoms in total. The third-order valence-corrected chi connectivity index (χ3v) is 5.58. The first-order chi connectivity index (χ1) is 14.7. The van der Waals surface area contributed by atoms with Crippen molar-refractivity contribution in [2.75, 3.05) is 18.5 Å². The number of hydrogen-bond donors (Lipinski definition) is 1. The van der Waals surface area contributed by atoms with Crippen LogP contribution in [0, 0.1) is 5.41 Å². The van der Waals surface area contributed by atoms with Crippen LogP contribution in [0.2, 0.25) is 0 Å². The van der Waals surface area contributed by atoms with Crippen LogP contribution in [0.25, 0.3) is 22.3 Å². The van der Waals surface area contributed by atoms with Crippen LogP contribution in [0.1, 0.15) is 19.8 Å². The molecule has 0 spiro atoms. The van der Waals surface area contributed by atoms with Crippen molar-refractivity contribution in [1.29, 1.82) is 0 Å². The second kappa shape index (κ2) is 7.49. The second-order valence-corrected chi connectivity index (χ2v) is 7.82. The Morgan fingerprint density at radius 3 is 2.83 bits per heavy atom. The lowest BCUT2D eigenvalue weighted by atomic mass is 10.1. The van der Waals surface area contributed by atoms with Gasteiger partial charge >= 0.3 is 0 Å². The van der Waals surface area contributed by atoms with E-state index in [2.05, 4.69) is 42.8 Å². The highest BCUT2D eigenvalue weighted by Gasteiger charge is 2.43. The minimum Gasteiger partial charge on any atom is -0.381 e. The van der Waals surface area contributed by atoms with E-state index in [0.717, 1.165) is 47.9 Å². The molecule has 3 heterocycles. The zero-order chi connectivity index (χ0) is 20.6. The molecule has 0 aliphatic heterocycles. The third kappa shape index (κ3) is 3.63. The molecule has 1 fully saturated rings. The number of aromatic nitrogens is 7. The van der Waals surface area contributed by atoms with Gasteiger partial charge in [-0.3, -0.25) is 4.68 Å². The highest BCUT2D eigenvalue weighted by atomic mass is 16.5. The summed E-state index contributed by atoms with van der Waals surface area (Å²) in [6, 6.07) is 9.91. The summed E-state index contributed by atoms with van der Waals surface area (Å²) in [5.41, 5.74) is 3.90. The van der Waals surface area contributed by atoms with Crippen LogP contribution < -0.4 is 5.32 Å². The molecule has 5 rings (SSSR count). The molecule has 0 bridgehead atoms. The van der Waals surface area contributed by atoms with Crippen molar-refractivity contribution < 1.29 is 4.74 Å². The summed E-state index contributed by atoms with van der Waals surface area (Å²) >= 11 is 0. The molecule has 4 aromatic rings. The average molecular weight is 404 g/mol. The normalized spacial score (nSPS) is 14.9. The quantitative estimate of drug-likeness (QED) is 0.482. The van der Waals surface area contributed by atoms with Crippen LogP contribution in [-0.2, 0) is 18.3 Å². The molecular formula is C21H24N8O. The highest BCUT2D eigenvalue weighted by Crippen LogP contribution is 2.47. The first-order valence-electron chi connectivity index (χ1n) is 10.2. The fourth-order valence-corrected chi connectivity index (χ4v) is 3.60. The smallest absolute Gasteiger partial charge is 0.228 e. The molecule has 0 amide bonds. The van der Waals surface area contributed by atoms with Crippen LogP contribution in [0.15, 0.2) is 42.7 Å². The van der Waals surface area contributed by atoms with Gasteiger partial charge in [0, 0.05) is 36.9 Å². The number of rotatable bonds is 8. The fraction of sp³-hybridized carbons (Fsp3) is 0.381. The van der Waals surface area contributed by atoms with E-state index in [0.29, 0.717) is 5.95 Å². The summed E-state index contributed by atoms with van der Waals surface area (Å²) in [5, 5.41) is 16.1. The summed E-state index contributed by atoms with van der Waals surface area (Å²) < 4.78 is 9.40. The summed E-state index contributed by atoms with van der Waals surface area (Å²) in [7, 11) is 1.86. The number of ether oxygens (including phenoxy) is 1. The first-order valence-corrected chi connectivity index (χ1v) is 10.2. The zero-order valence-corrected chi connectivity index (χ0v) is 17.1. The Morgan fingerprint density at radius 1 is 1.17 bits per heavy atom. The predicted molar refractivity (Wildman–Crippen MR) is 113 cm³/mol. The van der Waals surface area contributed by atoms with E-state index in [4.69, 9.17) is 4.74 Å². The molecule has 0 radical (unpaired) electrons. The van der Waals surface area contributed by atoms with Gasteiger partial charge in [0.25, 0.3) is 0 Å². The zero-order valence-electron chi connectivity index (χ0n) is 17.1. The molecule has 1 aliphatic rings. The molecule has 1 aromatic carbocycles. The van der Waals surface area contributed by atoms with Crippen LogP contribution in [0.3, 0.4) is 0 Å². The van der Waals surface area contributed by atoms with Crippen molar-refractivity contribution in [2.45, 2.75) is 26.3 Å². The van der Waals surface area contributed by atoms with Crippen molar-refractivity contribution in [3.63, 3.8) is 0 Å². The van der Waals surface area contributed by atoms with Crippen molar-refractivity contribution in [3.8, 4) is 11.3 Å². The molecule has 9 heteroatoms. The van der Waals surface area contributed by atoms with Gasteiger partial charge < -0.3 is 10.1 Å². The van der Waals surface area contributed by atoms with Crippen LogP contribution >= 0.6 is 0 Å². The van der Waals surface area contributed by atoms with Crippen molar-refractivity contribution >= 4 is 22.8 Å². The van der Waals surface area contributed by atoms with Gasteiger partial charge in [0.15, 0.2) is 0 Å². The fourth-order valence-electron chi connectivity index (χ4n) is 3.60. The van der Waals surface area contributed by atoms with Crippen molar-refractivity contribution in [2.24, 2.45) is 12.5 Å². The topological polar surface area (TPSA) is 95.6 Å². The van der Waals surface area contributed by atoms with Gasteiger partial charge in [0.05, 0.1) is 30.6 Å². The first kappa shape index (κ1) is 18.7. The number of fused-ring (bicyclic) bond motifs is 1. The number of anilines is 2. The third-order valence-electron chi connectivity index (χ3n) is 5.58. The molecule has 1 N–H and O–H groups in total. The monoisotopic (exact) mass is 404 g/mol. The standard InChI is InChI=1S/C21H24N8O/c1-3-30-14-21(8-9-21)13-29-18-5-4-15(12-17(18)26-27-29)16-6-10-22-20(24-16)25-19-7-11-23-28(19)2/h4-7,10-12H,3,8-9,13-14H2,1-2H3,(H,22,24,25). The maximum Gasteiger partial charge on any atom is 0.228 e. The largest absolute Gasteiger partial charge is 0.381 e.